The van der Waals surface area contributed by atoms with Crippen molar-refractivity contribution in [1.82, 2.24) is 15.5 Å². The molecule has 3 amide bonds. The summed E-state index contributed by atoms with van der Waals surface area (Å²) in [5.41, 5.74) is 0.0740. The lowest BCUT2D eigenvalue weighted by Gasteiger charge is -2.32. The fraction of sp³-hybridized carbons (Fsp3) is 0.462. The average molecular weight is 295 g/mol. The van der Waals surface area contributed by atoms with E-state index in [4.69, 9.17) is 9.52 Å². The summed E-state index contributed by atoms with van der Waals surface area (Å²) in [4.78, 5) is 35.8. The van der Waals surface area contributed by atoms with Crippen molar-refractivity contribution in [2.24, 2.45) is 0 Å². The zero-order valence-electron chi connectivity index (χ0n) is 11.8. The molecular formula is C13H17N3O5. The van der Waals surface area contributed by atoms with E-state index in [9.17, 15) is 14.4 Å². The molecule has 0 radical (unpaired) electrons. The van der Waals surface area contributed by atoms with Gasteiger partial charge in [0, 0.05) is 13.1 Å². The Hall–Kier alpha value is -2.51. The minimum atomic E-state index is -1.07. The topological polar surface area (TPSA) is 112 Å². The number of carbonyl (C=O) groups excluding carboxylic acids is 2. The predicted octanol–water partition coefficient (Wildman–Crippen LogP) is 0.316. The Morgan fingerprint density at radius 3 is 2.90 bits per heavy atom. The normalized spacial score (nSPS) is 18.3. The van der Waals surface area contributed by atoms with Gasteiger partial charge in [-0.2, -0.15) is 0 Å². The molecule has 21 heavy (non-hydrogen) atoms. The van der Waals surface area contributed by atoms with Crippen molar-refractivity contribution in [2.75, 3.05) is 13.1 Å². The first-order valence-electron chi connectivity index (χ1n) is 6.55. The minimum absolute atomic E-state index is 0.0673. The van der Waals surface area contributed by atoms with Crippen molar-refractivity contribution >= 4 is 17.9 Å². The summed E-state index contributed by atoms with van der Waals surface area (Å²) in [6, 6.07) is 0.458. The first-order valence-corrected chi connectivity index (χ1v) is 6.55. The second-order valence-electron chi connectivity index (χ2n) is 4.81. The number of nitrogens with zero attached hydrogens (tertiary/aromatic N) is 1. The highest BCUT2D eigenvalue weighted by molar-refractivity contribution is 5.89. The van der Waals surface area contributed by atoms with Crippen molar-refractivity contribution in [3.63, 3.8) is 0 Å². The largest absolute Gasteiger partial charge is 0.478 e. The maximum absolute atomic E-state index is 12.0. The molecule has 1 aliphatic rings. The van der Waals surface area contributed by atoms with Gasteiger partial charge < -0.3 is 25.1 Å². The van der Waals surface area contributed by atoms with Gasteiger partial charge in [-0.25, -0.2) is 9.59 Å². The van der Waals surface area contributed by atoms with Gasteiger partial charge in [0.2, 0.25) is 5.91 Å². The number of carboxylic acids is 1. The van der Waals surface area contributed by atoms with Crippen molar-refractivity contribution in [3.8, 4) is 0 Å². The van der Waals surface area contributed by atoms with Crippen LogP contribution in [0.5, 0.6) is 0 Å². The number of nitrogens with one attached hydrogen (secondary N) is 2. The average Bonchev–Trinajstić information content (AvgIpc) is 2.80. The molecule has 8 heteroatoms. The Labute approximate surface area is 121 Å². The maximum Gasteiger partial charge on any atom is 0.339 e. The summed E-state index contributed by atoms with van der Waals surface area (Å²) in [5.74, 6) is -0.626. The van der Waals surface area contributed by atoms with E-state index in [0.717, 1.165) is 0 Å². The van der Waals surface area contributed by atoms with Crippen LogP contribution in [-0.2, 0) is 11.3 Å². The summed E-state index contributed by atoms with van der Waals surface area (Å²) in [6.07, 6.45) is 0. The number of carbonyl (C=O) groups is 3. The highest BCUT2D eigenvalue weighted by atomic mass is 16.4. The lowest BCUT2D eigenvalue weighted by Crippen LogP contribution is -2.58. The van der Waals surface area contributed by atoms with Crippen molar-refractivity contribution in [3.05, 3.63) is 23.2 Å². The minimum Gasteiger partial charge on any atom is -0.478 e. The molecule has 1 atom stereocenters. The summed E-state index contributed by atoms with van der Waals surface area (Å²) in [5, 5.41) is 14.2. The molecule has 1 aromatic heterocycles. The van der Waals surface area contributed by atoms with Crippen LogP contribution < -0.4 is 10.6 Å². The Morgan fingerprint density at radius 1 is 1.57 bits per heavy atom. The Balaban J connectivity index is 1.96. The third-order valence-corrected chi connectivity index (χ3v) is 3.37. The van der Waals surface area contributed by atoms with E-state index in [-0.39, 0.29) is 29.8 Å². The quantitative estimate of drug-likeness (QED) is 0.743. The molecule has 2 heterocycles. The number of urea groups is 1. The van der Waals surface area contributed by atoms with Gasteiger partial charge >= 0.3 is 12.0 Å². The molecule has 1 fully saturated rings. The Bertz CT molecular complexity index is 580. The molecule has 1 unspecified atom stereocenters. The molecule has 114 valence electrons. The maximum atomic E-state index is 12.0. The number of amides is 3. The molecule has 1 aromatic rings. The summed E-state index contributed by atoms with van der Waals surface area (Å²) in [6.45, 7) is 4.10. The van der Waals surface area contributed by atoms with E-state index in [1.165, 1.54) is 11.0 Å². The summed E-state index contributed by atoms with van der Waals surface area (Å²) < 4.78 is 5.27. The second kappa shape index (κ2) is 5.86. The van der Waals surface area contributed by atoms with Gasteiger partial charge in [-0.1, -0.05) is 0 Å². The SMILES string of the molecule is Cc1oc(CNC(=O)N2CCNC(=O)C2C)cc1C(=O)O. The highest BCUT2D eigenvalue weighted by Gasteiger charge is 2.29. The zero-order chi connectivity index (χ0) is 15.6. The summed E-state index contributed by atoms with van der Waals surface area (Å²) >= 11 is 0. The number of hydrogen-bond donors (Lipinski definition) is 3. The molecule has 8 nitrogen and oxygen atoms in total. The van der Waals surface area contributed by atoms with E-state index in [2.05, 4.69) is 10.6 Å². The molecule has 0 spiro atoms. The Kier molecular flexibility index (Phi) is 4.15. The molecule has 0 saturated carbocycles. The number of rotatable bonds is 3. The van der Waals surface area contributed by atoms with Crippen LogP contribution in [0.1, 0.15) is 28.8 Å². The van der Waals surface area contributed by atoms with Gasteiger partial charge in [0.05, 0.1) is 6.54 Å². The van der Waals surface area contributed by atoms with E-state index in [0.29, 0.717) is 18.8 Å². The van der Waals surface area contributed by atoms with E-state index in [1.807, 2.05) is 0 Å². The number of carboxylic acid groups (broad SMARTS) is 1. The smallest absolute Gasteiger partial charge is 0.339 e. The van der Waals surface area contributed by atoms with Crippen LogP contribution in [0.2, 0.25) is 0 Å². The number of hydrogen-bond acceptors (Lipinski definition) is 4. The number of piperazine rings is 1. The molecule has 2 rings (SSSR count). The monoisotopic (exact) mass is 295 g/mol. The van der Waals surface area contributed by atoms with Gasteiger partial charge in [0.1, 0.15) is 23.1 Å². The predicted molar refractivity (Wildman–Crippen MR) is 71.8 cm³/mol. The number of aromatic carboxylic acids is 1. The van der Waals surface area contributed by atoms with Gasteiger partial charge in [-0.05, 0) is 19.9 Å². The molecule has 1 saturated heterocycles. The fourth-order valence-electron chi connectivity index (χ4n) is 2.17. The van der Waals surface area contributed by atoms with Crippen LogP contribution in [0.25, 0.3) is 0 Å². The molecule has 0 aromatic carbocycles. The van der Waals surface area contributed by atoms with Crippen LogP contribution in [0.3, 0.4) is 0 Å². The lowest BCUT2D eigenvalue weighted by molar-refractivity contribution is -0.126. The third-order valence-electron chi connectivity index (χ3n) is 3.37. The van der Waals surface area contributed by atoms with E-state index < -0.39 is 12.0 Å². The zero-order valence-corrected chi connectivity index (χ0v) is 11.8. The lowest BCUT2D eigenvalue weighted by atomic mass is 10.2. The van der Waals surface area contributed by atoms with Gasteiger partial charge in [-0.3, -0.25) is 4.79 Å². The summed E-state index contributed by atoms with van der Waals surface area (Å²) in [7, 11) is 0. The van der Waals surface area contributed by atoms with Crippen LogP contribution in [0.4, 0.5) is 4.79 Å². The molecular weight excluding hydrogens is 278 g/mol. The first-order chi connectivity index (χ1) is 9.90. The van der Waals surface area contributed by atoms with Crippen LogP contribution >= 0.6 is 0 Å². The standard InChI is InChI=1S/C13H17N3O5/c1-7-11(17)14-3-4-16(7)13(20)15-6-9-5-10(12(18)19)8(2)21-9/h5,7H,3-4,6H2,1-2H3,(H,14,17)(H,15,20)(H,18,19). The fourth-order valence-corrected chi connectivity index (χ4v) is 2.17. The van der Waals surface area contributed by atoms with E-state index in [1.54, 1.807) is 13.8 Å². The van der Waals surface area contributed by atoms with Crippen LogP contribution in [0, 0.1) is 6.92 Å². The molecule has 3 N–H and O–H groups in total. The van der Waals surface area contributed by atoms with Crippen molar-refractivity contribution in [2.45, 2.75) is 26.4 Å². The van der Waals surface area contributed by atoms with Crippen molar-refractivity contribution in [1.29, 1.82) is 0 Å². The highest BCUT2D eigenvalue weighted by Crippen LogP contribution is 2.14. The van der Waals surface area contributed by atoms with Crippen LogP contribution in [0.15, 0.2) is 10.5 Å². The molecule has 0 bridgehead atoms. The number of aryl methyl sites for hydroxylation is 1. The van der Waals surface area contributed by atoms with Crippen LogP contribution in [-0.4, -0.2) is 47.0 Å². The van der Waals surface area contributed by atoms with Crippen molar-refractivity contribution < 1.29 is 23.9 Å². The van der Waals surface area contributed by atoms with E-state index >= 15 is 0 Å². The first kappa shape index (κ1) is 14.9. The number of furan rings is 1. The van der Waals surface area contributed by atoms with Gasteiger partial charge in [0.25, 0.3) is 0 Å². The Morgan fingerprint density at radius 2 is 2.29 bits per heavy atom. The molecule has 0 aliphatic carbocycles. The second-order valence-corrected chi connectivity index (χ2v) is 4.81. The van der Waals surface area contributed by atoms with Gasteiger partial charge in [-0.15, -0.1) is 0 Å². The third kappa shape index (κ3) is 3.15. The van der Waals surface area contributed by atoms with Gasteiger partial charge in [0.15, 0.2) is 0 Å². The molecule has 1 aliphatic heterocycles.